The maximum atomic E-state index is 11.7. The number of ether oxygens (including phenoxy) is 1. The summed E-state index contributed by atoms with van der Waals surface area (Å²) in [7, 11) is 1.37. The van der Waals surface area contributed by atoms with Crippen LogP contribution in [0.4, 0.5) is 0 Å². The van der Waals surface area contributed by atoms with E-state index in [4.69, 9.17) is 22.1 Å². The molecule has 1 aromatic rings. The van der Waals surface area contributed by atoms with E-state index in [1.165, 1.54) is 7.11 Å². The van der Waals surface area contributed by atoms with Crippen molar-refractivity contribution in [3.8, 4) is 0 Å². The second-order valence-corrected chi connectivity index (χ2v) is 5.35. The van der Waals surface area contributed by atoms with E-state index in [2.05, 4.69) is 5.10 Å². The zero-order valence-electron chi connectivity index (χ0n) is 10.9. The molecule has 0 spiro atoms. The summed E-state index contributed by atoms with van der Waals surface area (Å²) < 4.78 is 6.64. The van der Waals surface area contributed by atoms with E-state index in [1.54, 1.807) is 0 Å². The van der Waals surface area contributed by atoms with Crippen LogP contribution in [0, 0.1) is 13.8 Å². The quantitative estimate of drug-likeness (QED) is 0.832. The summed E-state index contributed by atoms with van der Waals surface area (Å²) in [6.07, 6.45) is 1.96. The molecule has 1 saturated carbocycles. The molecule has 0 aliphatic heterocycles. The van der Waals surface area contributed by atoms with Crippen LogP contribution in [0.3, 0.4) is 0 Å². The molecule has 2 atom stereocenters. The summed E-state index contributed by atoms with van der Waals surface area (Å²) >= 11 is 6.13. The molecule has 0 saturated heterocycles. The predicted octanol–water partition coefficient (Wildman–Crippen LogP) is 1.75. The molecule has 6 heteroatoms. The molecule has 100 valence electrons. The van der Waals surface area contributed by atoms with Crippen molar-refractivity contribution in [3.63, 3.8) is 0 Å². The van der Waals surface area contributed by atoms with Gasteiger partial charge < -0.3 is 10.5 Å². The highest BCUT2D eigenvalue weighted by Gasteiger charge is 2.44. The van der Waals surface area contributed by atoms with E-state index in [0.29, 0.717) is 17.9 Å². The Bertz CT molecular complexity index is 486. The van der Waals surface area contributed by atoms with Gasteiger partial charge in [0.2, 0.25) is 0 Å². The maximum absolute atomic E-state index is 11.7. The van der Waals surface area contributed by atoms with Gasteiger partial charge >= 0.3 is 5.97 Å². The summed E-state index contributed by atoms with van der Waals surface area (Å²) in [5, 5.41) is 5.10. The lowest BCUT2D eigenvalue weighted by Crippen LogP contribution is -2.46. The predicted molar refractivity (Wildman–Crippen MR) is 68.5 cm³/mol. The summed E-state index contributed by atoms with van der Waals surface area (Å²) in [6.45, 7) is 3.80. The minimum absolute atomic E-state index is 0.111. The Morgan fingerprint density at radius 2 is 2.28 bits per heavy atom. The molecule has 0 bridgehead atoms. The third kappa shape index (κ3) is 2.01. The largest absolute Gasteiger partial charge is 0.468 e. The number of halogens is 1. The summed E-state index contributed by atoms with van der Waals surface area (Å²) in [5.74, 6) is -0.349. The number of methoxy groups -OCH3 is 1. The number of aromatic nitrogens is 2. The van der Waals surface area contributed by atoms with Crippen LogP contribution in [0.15, 0.2) is 0 Å². The lowest BCUT2D eigenvalue weighted by Gasteiger charge is -2.21. The SMILES string of the molecule is COC(=O)C1(N)CCC(n2nc(C)c(Cl)c2C)C1. The molecule has 1 aliphatic carbocycles. The fourth-order valence-corrected chi connectivity index (χ4v) is 2.77. The molecule has 2 unspecified atom stereocenters. The number of nitrogens with zero attached hydrogens (tertiary/aromatic N) is 2. The molecule has 1 heterocycles. The first-order valence-corrected chi connectivity index (χ1v) is 6.35. The second-order valence-electron chi connectivity index (χ2n) is 4.97. The fraction of sp³-hybridized carbons (Fsp3) is 0.667. The zero-order valence-corrected chi connectivity index (χ0v) is 11.6. The van der Waals surface area contributed by atoms with E-state index >= 15 is 0 Å². The van der Waals surface area contributed by atoms with Crippen molar-refractivity contribution in [2.45, 2.75) is 44.7 Å². The average molecular weight is 272 g/mol. The van der Waals surface area contributed by atoms with Crippen molar-refractivity contribution in [2.24, 2.45) is 5.73 Å². The Morgan fingerprint density at radius 1 is 1.61 bits per heavy atom. The minimum Gasteiger partial charge on any atom is -0.468 e. The molecular weight excluding hydrogens is 254 g/mol. The fourth-order valence-electron chi connectivity index (χ4n) is 2.64. The van der Waals surface area contributed by atoms with Gasteiger partial charge in [0, 0.05) is 0 Å². The number of rotatable bonds is 2. The Balaban J connectivity index is 2.23. The Morgan fingerprint density at radius 3 is 2.78 bits per heavy atom. The van der Waals surface area contributed by atoms with Gasteiger partial charge in [-0.05, 0) is 33.1 Å². The van der Waals surface area contributed by atoms with Crippen molar-refractivity contribution in [1.29, 1.82) is 0 Å². The summed E-state index contributed by atoms with van der Waals surface area (Å²) in [4.78, 5) is 11.7. The first-order chi connectivity index (χ1) is 8.39. The zero-order chi connectivity index (χ0) is 13.5. The number of hydrogen-bond acceptors (Lipinski definition) is 4. The number of esters is 1. The Hall–Kier alpha value is -1.07. The average Bonchev–Trinajstić information content (AvgIpc) is 2.86. The lowest BCUT2D eigenvalue weighted by atomic mass is 9.99. The molecule has 2 rings (SSSR count). The lowest BCUT2D eigenvalue weighted by molar-refractivity contribution is -0.146. The van der Waals surface area contributed by atoms with Crippen LogP contribution in [-0.2, 0) is 9.53 Å². The number of aryl methyl sites for hydroxylation is 1. The van der Waals surface area contributed by atoms with Gasteiger partial charge in [0.15, 0.2) is 0 Å². The van der Waals surface area contributed by atoms with E-state index in [-0.39, 0.29) is 12.0 Å². The molecule has 1 fully saturated rings. The third-order valence-corrected chi connectivity index (χ3v) is 4.25. The van der Waals surface area contributed by atoms with E-state index in [0.717, 1.165) is 17.8 Å². The van der Waals surface area contributed by atoms with Gasteiger partial charge in [0.1, 0.15) is 5.54 Å². The highest BCUT2D eigenvalue weighted by molar-refractivity contribution is 6.31. The van der Waals surface area contributed by atoms with Gasteiger partial charge in [-0.1, -0.05) is 11.6 Å². The molecule has 0 radical (unpaired) electrons. The first-order valence-electron chi connectivity index (χ1n) is 5.97. The molecule has 2 N–H and O–H groups in total. The Labute approximate surface area is 111 Å². The van der Waals surface area contributed by atoms with Crippen LogP contribution in [0.1, 0.15) is 36.7 Å². The smallest absolute Gasteiger partial charge is 0.325 e. The van der Waals surface area contributed by atoms with Gasteiger partial charge in [0.25, 0.3) is 0 Å². The second kappa shape index (κ2) is 4.55. The molecule has 1 aromatic heterocycles. The van der Waals surface area contributed by atoms with Crippen LogP contribution in [0.2, 0.25) is 5.02 Å². The molecule has 18 heavy (non-hydrogen) atoms. The number of carbonyl (C=O) groups is 1. The highest BCUT2D eigenvalue weighted by atomic mass is 35.5. The van der Waals surface area contributed by atoms with Crippen molar-refractivity contribution >= 4 is 17.6 Å². The molecule has 1 aliphatic rings. The van der Waals surface area contributed by atoms with Gasteiger partial charge in [-0.15, -0.1) is 0 Å². The van der Waals surface area contributed by atoms with E-state index in [9.17, 15) is 4.79 Å². The van der Waals surface area contributed by atoms with Crippen molar-refractivity contribution < 1.29 is 9.53 Å². The van der Waals surface area contributed by atoms with Crippen LogP contribution < -0.4 is 5.73 Å². The van der Waals surface area contributed by atoms with Crippen LogP contribution >= 0.6 is 11.6 Å². The van der Waals surface area contributed by atoms with Crippen LogP contribution in [0.25, 0.3) is 0 Å². The van der Waals surface area contributed by atoms with Crippen molar-refractivity contribution in [3.05, 3.63) is 16.4 Å². The van der Waals surface area contributed by atoms with Gasteiger partial charge in [-0.2, -0.15) is 5.10 Å². The normalized spacial score (nSPS) is 27.5. The molecular formula is C12H18ClN3O2. The van der Waals surface area contributed by atoms with E-state index < -0.39 is 5.54 Å². The minimum atomic E-state index is -0.891. The summed E-state index contributed by atoms with van der Waals surface area (Å²) in [5.41, 5.74) is 6.93. The van der Waals surface area contributed by atoms with E-state index in [1.807, 2.05) is 18.5 Å². The van der Waals surface area contributed by atoms with Crippen LogP contribution in [-0.4, -0.2) is 28.4 Å². The van der Waals surface area contributed by atoms with Gasteiger partial charge in [-0.3, -0.25) is 9.48 Å². The number of hydrogen-bond donors (Lipinski definition) is 1. The number of carbonyl (C=O) groups excluding carboxylic acids is 1. The number of nitrogens with two attached hydrogens (primary N) is 1. The molecule has 0 amide bonds. The first kappa shape index (κ1) is 13.4. The van der Waals surface area contributed by atoms with Gasteiger partial charge in [0.05, 0.1) is 29.6 Å². The molecule has 0 aromatic carbocycles. The van der Waals surface area contributed by atoms with Crippen molar-refractivity contribution in [2.75, 3.05) is 7.11 Å². The van der Waals surface area contributed by atoms with Crippen LogP contribution in [0.5, 0.6) is 0 Å². The van der Waals surface area contributed by atoms with Gasteiger partial charge in [-0.25, -0.2) is 0 Å². The third-order valence-electron chi connectivity index (χ3n) is 3.70. The Kier molecular flexibility index (Phi) is 3.38. The topological polar surface area (TPSA) is 70.1 Å². The van der Waals surface area contributed by atoms with Crippen molar-refractivity contribution in [1.82, 2.24) is 9.78 Å². The highest BCUT2D eigenvalue weighted by Crippen LogP contribution is 2.38. The summed E-state index contributed by atoms with van der Waals surface area (Å²) in [6, 6.07) is 0.111. The monoisotopic (exact) mass is 271 g/mol. The maximum Gasteiger partial charge on any atom is 0.325 e. The molecule has 5 nitrogen and oxygen atoms in total. The standard InChI is InChI=1S/C12H18ClN3O2/c1-7-10(13)8(2)16(15-7)9-4-5-12(14,6-9)11(17)18-3/h9H,4-6,14H2,1-3H3.